The summed E-state index contributed by atoms with van der Waals surface area (Å²) in [4.78, 5) is 9.94. The highest BCUT2D eigenvalue weighted by atomic mass is 15.1. The van der Waals surface area contributed by atoms with Gasteiger partial charge in [-0.05, 0) is 117 Å². The zero-order chi connectivity index (χ0) is 43.2. The zero-order valence-electron chi connectivity index (χ0n) is 42.7. The Hall–Kier alpha value is -0.160. The van der Waals surface area contributed by atoms with Gasteiger partial charge in [0.2, 0.25) is 0 Å². The monoisotopic (exact) mass is 797 g/mol. The maximum atomic E-state index is 2.59. The molecule has 0 saturated heterocycles. The van der Waals surface area contributed by atoms with Crippen molar-refractivity contribution in [1.29, 1.82) is 0 Å². The third kappa shape index (κ3) is 55.9. The maximum Gasteiger partial charge on any atom is 0.000662 e. The molecule has 0 amide bonds. The van der Waals surface area contributed by atoms with Crippen molar-refractivity contribution < 1.29 is 0 Å². The van der Waals surface area contributed by atoms with Gasteiger partial charge in [-0.15, -0.1) is 0 Å². The van der Waals surface area contributed by atoms with E-state index in [2.05, 4.69) is 131 Å². The van der Waals surface area contributed by atoms with Gasteiger partial charge < -0.3 is 19.6 Å². The zero-order valence-corrected chi connectivity index (χ0v) is 42.7. The Morgan fingerprint density at radius 2 is 0.554 bits per heavy atom. The van der Waals surface area contributed by atoms with E-state index in [-0.39, 0.29) is 0 Å². The Morgan fingerprint density at radius 3 is 0.839 bits per heavy atom. The Morgan fingerprint density at radius 1 is 0.286 bits per heavy atom. The molecule has 0 bridgehead atoms. The molecule has 4 heteroatoms. The van der Waals surface area contributed by atoms with Crippen molar-refractivity contribution in [2.24, 2.45) is 23.7 Å². The Labute approximate surface area is 359 Å². The van der Waals surface area contributed by atoms with Crippen molar-refractivity contribution in [3.63, 3.8) is 0 Å². The lowest BCUT2D eigenvalue weighted by molar-refractivity contribution is 0.216. The van der Waals surface area contributed by atoms with Crippen LogP contribution in [-0.4, -0.2) is 100 Å². The second-order valence-corrected chi connectivity index (χ2v) is 18.9. The fourth-order valence-electron chi connectivity index (χ4n) is 7.52. The molecule has 4 nitrogen and oxygen atoms in total. The molecule has 2 unspecified atom stereocenters. The minimum absolute atomic E-state index is 0.795. The van der Waals surface area contributed by atoms with E-state index in [0.717, 1.165) is 23.7 Å². The summed E-state index contributed by atoms with van der Waals surface area (Å²) in [6.45, 7) is 37.6. The van der Waals surface area contributed by atoms with Crippen LogP contribution in [-0.2, 0) is 0 Å². The molecule has 2 atom stereocenters. The molecule has 0 fully saturated rings. The first kappa shape index (κ1) is 62.5. The summed E-state index contributed by atoms with van der Waals surface area (Å²) in [6, 6.07) is 0. The minimum atomic E-state index is 0.795. The van der Waals surface area contributed by atoms with Crippen molar-refractivity contribution in [2.75, 3.05) is 80.5 Å². The molecule has 56 heavy (non-hydrogen) atoms. The van der Waals surface area contributed by atoms with Gasteiger partial charge in [-0.1, -0.05) is 199 Å². The van der Waals surface area contributed by atoms with Crippen LogP contribution in [0.2, 0.25) is 0 Å². The highest BCUT2D eigenvalue weighted by Gasteiger charge is 2.13. The fourth-order valence-corrected chi connectivity index (χ4v) is 7.52. The molecular formula is C52H116N4. The highest BCUT2D eigenvalue weighted by Crippen LogP contribution is 2.18. The minimum Gasteiger partial charge on any atom is -0.306 e. The predicted octanol–water partition coefficient (Wildman–Crippen LogP) is 15.7. The lowest BCUT2D eigenvalue weighted by Gasteiger charge is -2.27. The quantitative estimate of drug-likeness (QED) is 0.0586. The van der Waals surface area contributed by atoms with E-state index in [1.54, 1.807) is 0 Å². The third-order valence-electron chi connectivity index (χ3n) is 11.2. The van der Waals surface area contributed by atoms with E-state index in [1.165, 1.54) is 206 Å². The average Bonchev–Trinajstić information content (AvgIpc) is 3.16. The summed E-state index contributed by atoms with van der Waals surface area (Å²) in [6.07, 6.45) is 33.3. The summed E-state index contributed by atoms with van der Waals surface area (Å²) < 4.78 is 0. The van der Waals surface area contributed by atoms with Crippen LogP contribution in [0.15, 0.2) is 0 Å². The second-order valence-electron chi connectivity index (χ2n) is 18.9. The van der Waals surface area contributed by atoms with Crippen LogP contribution in [0.1, 0.15) is 237 Å². The number of nitrogens with zero attached hydrogens (tertiary/aromatic N) is 4. The normalized spacial score (nSPS) is 12.5. The van der Waals surface area contributed by atoms with Gasteiger partial charge in [-0.2, -0.15) is 0 Å². The smallest absolute Gasteiger partial charge is 0.000662 e. The summed E-state index contributed by atoms with van der Waals surface area (Å²) >= 11 is 0. The van der Waals surface area contributed by atoms with E-state index in [1.807, 2.05) is 0 Å². The maximum absolute atomic E-state index is 2.59. The first-order chi connectivity index (χ1) is 26.8. The first-order valence-electron chi connectivity index (χ1n) is 25.6. The van der Waals surface area contributed by atoms with E-state index in [9.17, 15) is 0 Å². The molecular weight excluding hydrogens is 681 g/mol. The second kappa shape index (κ2) is 51.0. The van der Waals surface area contributed by atoms with Crippen LogP contribution in [0.25, 0.3) is 0 Å². The fraction of sp³-hybridized carbons (Fsp3) is 1.00. The van der Waals surface area contributed by atoms with Gasteiger partial charge in [0.05, 0.1) is 0 Å². The van der Waals surface area contributed by atoms with Gasteiger partial charge in [0.25, 0.3) is 0 Å². The van der Waals surface area contributed by atoms with Crippen LogP contribution in [0, 0.1) is 23.7 Å². The van der Waals surface area contributed by atoms with E-state index < -0.39 is 0 Å². The molecule has 0 aromatic rings. The number of unbranched alkanes of at least 4 members (excludes halogenated alkanes) is 14. The van der Waals surface area contributed by atoms with Gasteiger partial charge in [-0.25, -0.2) is 0 Å². The largest absolute Gasteiger partial charge is 0.306 e. The lowest BCUT2D eigenvalue weighted by atomic mass is 9.96. The van der Waals surface area contributed by atoms with Crippen molar-refractivity contribution in [3.8, 4) is 0 Å². The Balaban J connectivity index is -0.000000334. The topological polar surface area (TPSA) is 13.0 Å². The van der Waals surface area contributed by atoms with Gasteiger partial charge in [0.15, 0.2) is 0 Å². The summed E-state index contributed by atoms with van der Waals surface area (Å²) in [5.74, 6) is 3.42. The SMILES string of the molecule is CC(C)CN(C)CC(C)C.CCCCC(CC)CN(C)CC(CC)CCCC.CCCCCCCCN(C)CCCCCCCC.CCCCN(C)CCCC. The van der Waals surface area contributed by atoms with Crippen LogP contribution < -0.4 is 0 Å². The molecule has 0 heterocycles. The van der Waals surface area contributed by atoms with E-state index >= 15 is 0 Å². The molecule has 0 spiro atoms. The summed E-state index contributed by atoms with van der Waals surface area (Å²) in [5, 5.41) is 0. The van der Waals surface area contributed by atoms with E-state index in [0.29, 0.717) is 0 Å². The molecule has 0 aromatic carbocycles. The number of hydrogen-bond acceptors (Lipinski definition) is 4. The standard InChI is InChI=1S/2C17H37N.2C9H21N/c1-6-10-12-16(8-3)14-18(5)15-17(9-4)13-11-7-2;1-4-6-8-10-12-14-16-18(3)17-15-13-11-9-7-5-2;1-8(2)6-10(5)7-9(3)4;1-4-6-8-10(3)9-7-5-2/h16-17H,6-15H2,1-5H3;4-17H2,1-3H3;8-9H,6-7H2,1-5H3;4-9H2,1-3H3. The Bertz CT molecular complexity index is 615. The molecule has 0 saturated carbocycles. The molecule has 0 N–H and O–H groups in total. The van der Waals surface area contributed by atoms with Crippen LogP contribution >= 0.6 is 0 Å². The van der Waals surface area contributed by atoms with Gasteiger partial charge in [0, 0.05) is 26.2 Å². The number of rotatable bonds is 36. The van der Waals surface area contributed by atoms with Crippen molar-refractivity contribution in [3.05, 3.63) is 0 Å². The first-order valence-corrected chi connectivity index (χ1v) is 25.6. The predicted molar refractivity (Wildman–Crippen MR) is 263 cm³/mol. The van der Waals surface area contributed by atoms with Crippen molar-refractivity contribution in [1.82, 2.24) is 19.6 Å². The lowest BCUT2D eigenvalue weighted by Crippen LogP contribution is -2.30. The third-order valence-corrected chi connectivity index (χ3v) is 11.2. The summed E-state index contributed by atoms with van der Waals surface area (Å²) in [5.41, 5.74) is 0. The van der Waals surface area contributed by atoms with Gasteiger partial charge in [0.1, 0.15) is 0 Å². The van der Waals surface area contributed by atoms with Crippen molar-refractivity contribution >= 4 is 0 Å². The highest BCUT2D eigenvalue weighted by molar-refractivity contribution is 4.67. The van der Waals surface area contributed by atoms with Gasteiger partial charge in [-0.3, -0.25) is 0 Å². The molecule has 344 valence electrons. The molecule has 0 radical (unpaired) electrons. The summed E-state index contributed by atoms with van der Waals surface area (Å²) in [7, 11) is 9.02. The molecule has 0 aromatic heterocycles. The van der Waals surface area contributed by atoms with Crippen LogP contribution in [0.3, 0.4) is 0 Å². The Kier molecular flexibility index (Phi) is 56.9. The molecule has 0 rings (SSSR count). The van der Waals surface area contributed by atoms with Crippen LogP contribution in [0.5, 0.6) is 0 Å². The molecule has 0 aliphatic rings. The van der Waals surface area contributed by atoms with Gasteiger partial charge >= 0.3 is 0 Å². The molecule has 0 aliphatic heterocycles. The molecule has 0 aliphatic carbocycles. The number of hydrogen-bond donors (Lipinski definition) is 0. The van der Waals surface area contributed by atoms with E-state index in [4.69, 9.17) is 0 Å². The average molecular weight is 798 g/mol. The van der Waals surface area contributed by atoms with Crippen molar-refractivity contribution in [2.45, 2.75) is 237 Å². The van der Waals surface area contributed by atoms with Crippen LogP contribution in [0.4, 0.5) is 0 Å².